The van der Waals surface area contributed by atoms with Crippen LogP contribution >= 0.6 is 0 Å². The van der Waals surface area contributed by atoms with Crippen molar-refractivity contribution in [3.63, 3.8) is 0 Å². The Morgan fingerprint density at radius 1 is 1.36 bits per heavy atom. The molecule has 1 heterocycles. The Morgan fingerprint density at radius 3 is 2.73 bits per heavy atom. The number of methoxy groups -OCH3 is 2. The summed E-state index contributed by atoms with van der Waals surface area (Å²) >= 11 is 0. The Bertz CT molecular complexity index is 521. The number of aliphatic hydroxyl groups is 1. The van der Waals surface area contributed by atoms with E-state index < -0.39 is 0 Å². The van der Waals surface area contributed by atoms with E-state index in [4.69, 9.17) is 9.47 Å². The van der Waals surface area contributed by atoms with Gasteiger partial charge in [0.05, 0.1) is 20.1 Å². The Kier molecular flexibility index (Phi) is 5.63. The standard InChI is InChI=1S/C16H24N2O4/c1-17-16(20)13-9-18(8-12(13)10-19)7-11-5-4-6-14(21-2)15(11)22-3/h4-6,12-13,19H,7-10H2,1-3H3,(H,17,20)/t12-,13+/m0/s1. The molecule has 1 aromatic carbocycles. The molecule has 0 radical (unpaired) electrons. The van der Waals surface area contributed by atoms with Gasteiger partial charge in [0.2, 0.25) is 5.91 Å². The van der Waals surface area contributed by atoms with Crippen LogP contribution in [0, 0.1) is 11.8 Å². The first kappa shape index (κ1) is 16.6. The van der Waals surface area contributed by atoms with Crippen molar-refractivity contribution in [1.82, 2.24) is 10.2 Å². The molecule has 1 aliphatic rings. The third kappa shape index (κ3) is 3.34. The zero-order valence-corrected chi connectivity index (χ0v) is 13.3. The number of nitrogens with one attached hydrogen (secondary N) is 1. The van der Waals surface area contributed by atoms with E-state index in [1.54, 1.807) is 21.3 Å². The number of benzene rings is 1. The van der Waals surface area contributed by atoms with Gasteiger partial charge in [0.25, 0.3) is 0 Å². The van der Waals surface area contributed by atoms with Crippen molar-refractivity contribution < 1.29 is 19.4 Å². The number of carbonyl (C=O) groups excluding carboxylic acids is 1. The molecule has 0 aromatic heterocycles. The SMILES string of the molecule is CNC(=O)[C@@H]1CN(Cc2cccc(OC)c2OC)C[C@H]1CO. The number of amides is 1. The molecular formula is C16H24N2O4. The quantitative estimate of drug-likeness (QED) is 0.800. The zero-order chi connectivity index (χ0) is 16.1. The molecule has 1 fully saturated rings. The number of para-hydroxylation sites is 1. The van der Waals surface area contributed by atoms with Crippen molar-refractivity contribution in [3.05, 3.63) is 23.8 Å². The van der Waals surface area contributed by atoms with Gasteiger partial charge in [-0.2, -0.15) is 0 Å². The van der Waals surface area contributed by atoms with Crippen LogP contribution in [0.2, 0.25) is 0 Å². The molecule has 0 bridgehead atoms. The topological polar surface area (TPSA) is 71.0 Å². The molecule has 6 heteroatoms. The average molecular weight is 308 g/mol. The first-order valence-electron chi connectivity index (χ1n) is 7.39. The largest absolute Gasteiger partial charge is 0.493 e. The summed E-state index contributed by atoms with van der Waals surface area (Å²) in [5.74, 6) is 1.19. The van der Waals surface area contributed by atoms with Crippen LogP contribution in [-0.4, -0.2) is 56.9 Å². The predicted octanol–water partition coefficient (Wildman–Crippen LogP) is 0.490. The second kappa shape index (κ2) is 7.47. The van der Waals surface area contributed by atoms with Gasteiger partial charge in [-0.3, -0.25) is 9.69 Å². The molecule has 2 rings (SSSR count). The molecule has 0 aliphatic carbocycles. The minimum absolute atomic E-state index is 0.0147. The van der Waals surface area contributed by atoms with Crippen LogP contribution in [0.25, 0.3) is 0 Å². The van der Waals surface area contributed by atoms with Crippen molar-refractivity contribution >= 4 is 5.91 Å². The summed E-state index contributed by atoms with van der Waals surface area (Å²) in [6.07, 6.45) is 0. The van der Waals surface area contributed by atoms with Gasteiger partial charge in [0.1, 0.15) is 0 Å². The zero-order valence-electron chi connectivity index (χ0n) is 13.3. The highest BCUT2D eigenvalue weighted by Gasteiger charge is 2.36. The number of nitrogens with zero attached hydrogens (tertiary/aromatic N) is 1. The molecular weight excluding hydrogens is 284 g/mol. The molecule has 1 saturated heterocycles. The number of rotatable bonds is 6. The number of hydrogen-bond acceptors (Lipinski definition) is 5. The number of hydrogen-bond donors (Lipinski definition) is 2. The lowest BCUT2D eigenvalue weighted by Gasteiger charge is -2.19. The summed E-state index contributed by atoms with van der Waals surface area (Å²) in [5, 5.41) is 12.2. The van der Waals surface area contributed by atoms with Gasteiger partial charge in [-0.15, -0.1) is 0 Å². The number of likely N-dealkylation sites (tertiary alicyclic amines) is 1. The summed E-state index contributed by atoms with van der Waals surface area (Å²) in [4.78, 5) is 14.1. The summed E-state index contributed by atoms with van der Waals surface area (Å²) in [7, 11) is 4.86. The van der Waals surface area contributed by atoms with Crippen LogP contribution in [0.5, 0.6) is 11.5 Å². The molecule has 0 unspecified atom stereocenters. The van der Waals surface area contributed by atoms with Gasteiger partial charge in [-0.05, 0) is 6.07 Å². The maximum atomic E-state index is 11.9. The van der Waals surface area contributed by atoms with E-state index in [1.165, 1.54) is 0 Å². The van der Waals surface area contributed by atoms with Crippen molar-refractivity contribution in [2.24, 2.45) is 11.8 Å². The van der Waals surface area contributed by atoms with Gasteiger partial charge in [0, 0.05) is 44.8 Å². The molecule has 22 heavy (non-hydrogen) atoms. The minimum Gasteiger partial charge on any atom is -0.493 e. The van der Waals surface area contributed by atoms with Crippen LogP contribution in [0.3, 0.4) is 0 Å². The van der Waals surface area contributed by atoms with Gasteiger partial charge in [0.15, 0.2) is 11.5 Å². The Morgan fingerprint density at radius 2 is 2.14 bits per heavy atom. The van der Waals surface area contributed by atoms with E-state index >= 15 is 0 Å². The fraction of sp³-hybridized carbons (Fsp3) is 0.562. The summed E-state index contributed by atoms with van der Waals surface area (Å²) in [6.45, 7) is 1.99. The van der Waals surface area contributed by atoms with E-state index in [2.05, 4.69) is 10.2 Å². The average Bonchev–Trinajstić information content (AvgIpc) is 2.96. The predicted molar refractivity (Wildman–Crippen MR) is 83.0 cm³/mol. The fourth-order valence-corrected chi connectivity index (χ4v) is 3.08. The third-order valence-electron chi connectivity index (χ3n) is 4.21. The van der Waals surface area contributed by atoms with Crippen molar-refractivity contribution in [2.45, 2.75) is 6.54 Å². The number of aliphatic hydroxyl groups excluding tert-OH is 1. The van der Waals surface area contributed by atoms with Crippen LogP contribution in [0.1, 0.15) is 5.56 Å². The van der Waals surface area contributed by atoms with E-state index in [-0.39, 0.29) is 24.3 Å². The molecule has 0 saturated carbocycles. The second-order valence-electron chi connectivity index (χ2n) is 5.51. The smallest absolute Gasteiger partial charge is 0.224 e. The number of ether oxygens (including phenoxy) is 2. The van der Waals surface area contributed by atoms with E-state index in [0.717, 1.165) is 5.56 Å². The lowest BCUT2D eigenvalue weighted by Crippen LogP contribution is -2.33. The van der Waals surface area contributed by atoms with Crippen molar-refractivity contribution in [1.29, 1.82) is 0 Å². The molecule has 0 spiro atoms. The lowest BCUT2D eigenvalue weighted by molar-refractivity contribution is -0.125. The number of carbonyl (C=O) groups is 1. The Balaban J connectivity index is 2.13. The maximum absolute atomic E-state index is 11.9. The van der Waals surface area contributed by atoms with Gasteiger partial charge >= 0.3 is 0 Å². The molecule has 6 nitrogen and oxygen atoms in total. The molecule has 1 aliphatic heterocycles. The van der Waals surface area contributed by atoms with E-state index in [0.29, 0.717) is 31.1 Å². The van der Waals surface area contributed by atoms with Crippen LogP contribution in [0.4, 0.5) is 0 Å². The van der Waals surface area contributed by atoms with Crippen LogP contribution in [0.15, 0.2) is 18.2 Å². The van der Waals surface area contributed by atoms with Crippen LogP contribution < -0.4 is 14.8 Å². The fourth-order valence-electron chi connectivity index (χ4n) is 3.08. The van der Waals surface area contributed by atoms with Crippen molar-refractivity contribution in [3.8, 4) is 11.5 Å². The Labute approximate surface area is 131 Å². The third-order valence-corrected chi connectivity index (χ3v) is 4.21. The lowest BCUT2D eigenvalue weighted by atomic mass is 9.96. The normalized spacial score (nSPS) is 21.6. The van der Waals surface area contributed by atoms with Crippen LogP contribution in [-0.2, 0) is 11.3 Å². The monoisotopic (exact) mass is 308 g/mol. The van der Waals surface area contributed by atoms with Gasteiger partial charge in [-0.1, -0.05) is 12.1 Å². The highest BCUT2D eigenvalue weighted by Crippen LogP contribution is 2.33. The molecule has 2 N–H and O–H groups in total. The molecule has 1 aromatic rings. The first-order chi connectivity index (χ1) is 10.6. The van der Waals surface area contributed by atoms with E-state index in [9.17, 15) is 9.90 Å². The maximum Gasteiger partial charge on any atom is 0.224 e. The molecule has 2 atom stereocenters. The molecule has 1 amide bonds. The Hall–Kier alpha value is -1.79. The summed E-state index contributed by atoms with van der Waals surface area (Å²) in [6, 6.07) is 5.77. The van der Waals surface area contributed by atoms with E-state index in [1.807, 2.05) is 18.2 Å². The highest BCUT2D eigenvalue weighted by molar-refractivity contribution is 5.79. The molecule has 122 valence electrons. The summed E-state index contributed by atoms with van der Waals surface area (Å²) < 4.78 is 10.8. The second-order valence-corrected chi connectivity index (χ2v) is 5.51. The highest BCUT2D eigenvalue weighted by atomic mass is 16.5. The van der Waals surface area contributed by atoms with Crippen molar-refractivity contribution in [2.75, 3.05) is 41.0 Å². The summed E-state index contributed by atoms with van der Waals surface area (Å²) in [5.41, 5.74) is 1.01. The van der Waals surface area contributed by atoms with Gasteiger partial charge in [-0.25, -0.2) is 0 Å². The minimum atomic E-state index is -0.174. The van der Waals surface area contributed by atoms with Gasteiger partial charge < -0.3 is 19.9 Å². The first-order valence-corrected chi connectivity index (χ1v) is 7.39.